The second-order valence-corrected chi connectivity index (χ2v) is 6.35. The van der Waals surface area contributed by atoms with Crippen molar-refractivity contribution >= 4 is 11.9 Å². The minimum atomic E-state index is -0.146. The summed E-state index contributed by atoms with van der Waals surface area (Å²) in [5.74, 6) is 0.194. The molecule has 0 bridgehead atoms. The van der Waals surface area contributed by atoms with Gasteiger partial charge in [0.15, 0.2) is 0 Å². The molecule has 0 spiro atoms. The molecule has 2 unspecified atom stereocenters. The van der Waals surface area contributed by atoms with Gasteiger partial charge in [-0.25, -0.2) is 0 Å². The Morgan fingerprint density at radius 2 is 1.10 bits per heavy atom. The van der Waals surface area contributed by atoms with Gasteiger partial charge in [-0.05, 0) is 18.3 Å². The van der Waals surface area contributed by atoms with Gasteiger partial charge < -0.3 is 9.47 Å². The molecule has 4 heteroatoms. The highest BCUT2D eigenvalue weighted by Gasteiger charge is 2.19. The van der Waals surface area contributed by atoms with E-state index in [0.29, 0.717) is 25.0 Å². The Bertz CT molecular complexity index is 280. The first kappa shape index (κ1) is 19.9. The molecular weight excluding hydrogens is 268 g/mol. The van der Waals surface area contributed by atoms with Gasteiger partial charge in [-0.3, -0.25) is 9.59 Å². The molecule has 124 valence electrons. The molecule has 0 rings (SSSR count). The Kier molecular flexibility index (Phi) is 10.1. The van der Waals surface area contributed by atoms with Gasteiger partial charge in [0.2, 0.25) is 0 Å². The zero-order valence-electron chi connectivity index (χ0n) is 14.5. The third-order valence-corrected chi connectivity index (χ3v) is 3.69. The van der Waals surface area contributed by atoms with Crippen LogP contribution in [-0.4, -0.2) is 25.2 Å². The first-order chi connectivity index (χ1) is 9.81. The molecule has 0 heterocycles. The Morgan fingerprint density at radius 1 is 0.762 bits per heavy atom. The SMILES string of the molecule is CCC(COC(=O)C(C)C)CC(CC)COC(=O)C(C)C. The van der Waals surface area contributed by atoms with Crippen molar-refractivity contribution in [2.75, 3.05) is 13.2 Å². The standard InChI is InChI=1S/C17H32O4/c1-7-14(10-20-16(18)12(3)4)9-15(8-2)11-21-17(19)13(5)6/h12-15H,7-11H2,1-6H3. The van der Waals surface area contributed by atoms with Crippen molar-refractivity contribution < 1.29 is 19.1 Å². The van der Waals surface area contributed by atoms with Crippen LogP contribution in [0.4, 0.5) is 0 Å². The van der Waals surface area contributed by atoms with Crippen LogP contribution in [0, 0.1) is 23.7 Å². The number of rotatable bonds is 10. The summed E-state index contributed by atoms with van der Waals surface area (Å²) >= 11 is 0. The van der Waals surface area contributed by atoms with Gasteiger partial charge in [-0.1, -0.05) is 54.4 Å². The maximum absolute atomic E-state index is 11.5. The molecule has 0 aliphatic heterocycles. The van der Waals surface area contributed by atoms with E-state index in [4.69, 9.17) is 9.47 Å². The van der Waals surface area contributed by atoms with Crippen LogP contribution >= 0.6 is 0 Å². The van der Waals surface area contributed by atoms with Crippen LogP contribution in [-0.2, 0) is 19.1 Å². The molecule has 0 aromatic rings. The molecule has 21 heavy (non-hydrogen) atoms. The highest BCUT2D eigenvalue weighted by atomic mass is 16.5. The van der Waals surface area contributed by atoms with Crippen molar-refractivity contribution in [1.82, 2.24) is 0 Å². The van der Waals surface area contributed by atoms with Crippen LogP contribution in [0.1, 0.15) is 60.8 Å². The topological polar surface area (TPSA) is 52.6 Å². The smallest absolute Gasteiger partial charge is 0.308 e. The summed E-state index contributed by atoms with van der Waals surface area (Å²) in [6, 6.07) is 0. The van der Waals surface area contributed by atoms with E-state index in [1.54, 1.807) is 0 Å². The average Bonchev–Trinajstić information content (AvgIpc) is 2.45. The van der Waals surface area contributed by atoms with Gasteiger partial charge in [-0.15, -0.1) is 0 Å². The summed E-state index contributed by atoms with van der Waals surface area (Å²) in [6.45, 7) is 12.5. The molecule has 0 aliphatic carbocycles. The fraction of sp³-hybridized carbons (Fsp3) is 0.882. The number of hydrogen-bond acceptors (Lipinski definition) is 4. The summed E-state index contributed by atoms with van der Waals surface area (Å²) < 4.78 is 10.6. The lowest BCUT2D eigenvalue weighted by molar-refractivity contribution is -0.149. The predicted octanol–water partition coefficient (Wildman–Crippen LogP) is 3.83. The van der Waals surface area contributed by atoms with Gasteiger partial charge in [-0.2, -0.15) is 0 Å². The normalized spacial score (nSPS) is 14.1. The number of esters is 2. The summed E-state index contributed by atoms with van der Waals surface area (Å²) in [7, 11) is 0. The maximum atomic E-state index is 11.5. The molecule has 0 aliphatic rings. The van der Waals surface area contributed by atoms with E-state index in [-0.39, 0.29) is 23.8 Å². The van der Waals surface area contributed by atoms with E-state index in [2.05, 4.69) is 13.8 Å². The number of hydrogen-bond donors (Lipinski definition) is 0. The summed E-state index contributed by atoms with van der Waals surface area (Å²) in [5.41, 5.74) is 0. The highest BCUT2D eigenvalue weighted by Crippen LogP contribution is 2.20. The van der Waals surface area contributed by atoms with Gasteiger partial charge in [0.05, 0.1) is 25.0 Å². The summed E-state index contributed by atoms with van der Waals surface area (Å²) in [6.07, 6.45) is 2.84. The van der Waals surface area contributed by atoms with E-state index >= 15 is 0 Å². The van der Waals surface area contributed by atoms with E-state index in [1.807, 2.05) is 27.7 Å². The Hall–Kier alpha value is -1.06. The lowest BCUT2D eigenvalue weighted by Crippen LogP contribution is -2.23. The van der Waals surface area contributed by atoms with Crippen molar-refractivity contribution in [3.05, 3.63) is 0 Å². The average molecular weight is 300 g/mol. The van der Waals surface area contributed by atoms with Crippen LogP contribution < -0.4 is 0 Å². The summed E-state index contributed by atoms with van der Waals surface area (Å²) in [5, 5.41) is 0. The molecule has 0 fully saturated rings. The first-order valence-electron chi connectivity index (χ1n) is 8.14. The number of carbonyl (C=O) groups excluding carboxylic acids is 2. The van der Waals surface area contributed by atoms with Crippen molar-refractivity contribution in [2.45, 2.75) is 60.8 Å². The monoisotopic (exact) mass is 300 g/mol. The number of ether oxygens (including phenoxy) is 2. The van der Waals surface area contributed by atoms with Crippen LogP contribution in [0.25, 0.3) is 0 Å². The van der Waals surface area contributed by atoms with Crippen molar-refractivity contribution in [3.8, 4) is 0 Å². The molecule has 2 atom stereocenters. The van der Waals surface area contributed by atoms with Gasteiger partial charge in [0.25, 0.3) is 0 Å². The lowest BCUT2D eigenvalue weighted by atomic mass is 9.92. The highest BCUT2D eigenvalue weighted by molar-refractivity contribution is 5.71. The quantitative estimate of drug-likeness (QED) is 0.575. The van der Waals surface area contributed by atoms with E-state index < -0.39 is 0 Å². The lowest BCUT2D eigenvalue weighted by Gasteiger charge is -2.22. The van der Waals surface area contributed by atoms with Crippen LogP contribution in [0.5, 0.6) is 0 Å². The first-order valence-corrected chi connectivity index (χ1v) is 8.14. The van der Waals surface area contributed by atoms with Gasteiger partial charge >= 0.3 is 11.9 Å². The molecule has 0 aromatic heterocycles. The second-order valence-electron chi connectivity index (χ2n) is 6.35. The fourth-order valence-electron chi connectivity index (χ4n) is 1.91. The third kappa shape index (κ3) is 8.74. The minimum absolute atomic E-state index is 0.0866. The zero-order valence-corrected chi connectivity index (χ0v) is 14.5. The largest absolute Gasteiger partial charge is 0.465 e. The van der Waals surface area contributed by atoms with Crippen LogP contribution in [0.3, 0.4) is 0 Å². The van der Waals surface area contributed by atoms with Gasteiger partial charge in [0, 0.05) is 0 Å². The molecule has 4 nitrogen and oxygen atoms in total. The molecule has 0 N–H and O–H groups in total. The Morgan fingerprint density at radius 3 is 1.33 bits per heavy atom. The molecule has 0 amide bonds. The Labute approximate surface area is 129 Å². The van der Waals surface area contributed by atoms with E-state index in [1.165, 1.54) is 0 Å². The molecule has 0 radical (unpaired) electrons. The molecular formula is C17H32O4. The zero-order chi connectivity index (χ0) is 16.4. The summed E-state index contributed by atoms with van der Waals surface area (Å²) in [4.78, 5) is 23.0. The predicted molar refractivity (Wildman–Crippen MR) is 83.8 cm³/mol. The minimum Gasteiger partial charge on any atom is -0.465 e. The number of carbonyl (C=O) groups is 2. The molecule has 0 saturated carbocycles. The van der Waals surface area contributed by atoms with E-state index in [0.717, 1.165) is 19.3 Å². The van der Waals surface area contributed by atoms with Crippen molar-refractivity contribution in [3.63, 3.8) is 0 Å². The van der Waals surface area contributed by atoms with Crippen LogP contribution in [0.15, 0.2) is 0 Å². The second kappa shape index (κ2) is 10.6. The maximum Gasteiger partial charge on any atom is 0.308 e. The van der Waals surface area contributed by atoms with Crippen LogP contribution in [0.2, 0.25) is 0 Å². The fourth-order valence-corrected chi connectivity index (χ4v) is 1.91. The molecule has 0 aromatic carbocycles. The van der Waals surface area contributed by atoms with E-state index in [9.17, 15) is 9.59 Å². The van der Waals surface area contributed by atoms with Crippen molar-refractivity contribution in [1.29, 1.82) is 0 Å². The molecule has 0 saturated heterocycles. The Balaban J connectivity index is 4.22. The van der Waals surface area contributed by atoms with Crippen molar-refractivity contribution in [2.24, 2.45) is 23.7 Å². The van der Waals surface area contributed by atoms with Gasteiger partial charge in [0.1, 0.15) is 0 Å². The third-order valence-electron chi connectivity index (χ3n) is 3.69.